The number of benzene rings is 3. The molecule has 0 aromatic heterocycles. The lowest BCUT2D eigenvalue weighted by molar-refractivity contribution is -0.353. The molecule has 1 aliphatic carbocycles. The van der Waals surface area contributed by atoms with E-state index in [0.717, 1.165) is 39.9 Å². The minimum atomic E-state index is -3.67. The molecule has 0 radical (unpaired) electrons. The van der Waals surface area contributed by atoms with Crippen LogP contribution in [0.2, 0.25) is 0 Å². The second-order valence-electron chi connectivity index (χ2n) is 7.72. The lowest BCUT2D eigenvalue weighted by Gasteiger charge is -2.07. The first-order valence-electron chi connectivity index (χ1n) is 11.3. The summed E-state index contributed by atoms with van der Waals surface area (Å²) in [4.78, 5) is 6.86. The van der Waals surface area contributed by atoms with E-state index in [0.29, 0.717) is 0 Å². The van der Waals surface area contributed by atoms with Crippen LogP contribution in [-0.2, 0) is 0 Å². The summed E-state index contributed by atoms with van der Waals surface area (Å²) in [6.45, 7) is 2.09. The molecule has 0 bridgehead atoms. The number of hydrogen-bond donors (Lipinski definition) is 4. The molecule has 0 saturated carbocycles. The molecule has 1 aliphatic rings. The monoisotopic (exact) mass is 568 g/mol. The Kier molecular flexibility index (Phi) is 16.8. The summed E-state index contributed by atoms with van der Waals surface area (Å²) in [5.41, 5.74) is 8.71. The van der Waals surface area contributed by atoms with E-state index in [9.17, 15) is 25.9 Å². The Morgan fingerprint density at radius 3 is 1.18 bits per heavy atom. The first-order valence-corrected chi connectivity index (χ1v) is 11.3. The molecule has 0 spiro atoms. The summed E-state index contributed by atoms with van der Waals surface area (Å²) in [6, 6.07) is 24.9. The minimum Gasteiger partial charge on any atom is -1.00 e. The van der Waals surface area contributed by atoms with E-state index in [1.165, 1.54) is 5.56 Å². The van der Waals surface area contributed by atoms with Gasteiger partial charge in [-0.3, -0.25) is 25.9 Å². The summed E-state index contributed by atoms with van der Waals surface area (Å²) in [7, 11) is -5.41. The van der Waals surface area contributed by atoms with Crippen molar-refractivity contribution in [3.8, 4) is 0 Å². The molecule has 0 fully saturated rings. The van der Waals surface area contributed by atoms with Gasteiger partial charge in [0.2, 0.25) is 22.8 Å². The molecule has 0 unspecified atom stereocenters. The summed E-state index contributed by atoms with van der Waals surface area (Å²) in [5, 5.41) is 6.54. The smallest absolute Gasteiger partial charge is 0.762 e. The van der Waals surface area contributed by atoms with E-state index in [4.69, 9.17) is 0 Å². The van der Waals surface area contributed by atoms with Crippen molar-refractivity contribution in [3.63, 3.8) is 0 Å². The van der Waals surface area contributed by atoms with Crippen LogP contribution >= 0.6 is 0 Å². The molecule has 40 heavy (non-hydrogen) atoms. The summed E-state index contributed by atoms with van der Waals surface area (Å²) in [6.07, 6.45) is 8.30. The SMILES string of the molecule is CNc1ccc(Nc2ccc([NH+]=C3C=CC(=[NH+]c4ccc(C)cc4)C=C3)cc2)cc1.FB(F)F.FB(F)F.[F-].[F-]. The van der Waals surface area contributed by atoms with Gasteiger partial charge in [-0.05, 0) is 43.3 Å². The van der Waals surface area contributed by atoms with Gasteiger partial charge in [-0.25, -0.2) is 9.98 Å². The standard InChI is InChI=1S/C26H24N4.2BF3.2FH/c1-19-3-5-21(6-4-19)28-23-11-13-25(14-12-23)30-26-17-15-24(16-18-26)29-22-9-7-20(27-2)8-10-22;2*2-1(3)4;;/h3-18,27,29H,1-2H3;;;2*1H. The van der Waals surface area contributed by atoms with E-state index in [2.05, 4.69) is 125 Å². The first-order chi connectivity index (χ1) is 18.1. The van der Waals surface area contributed by atoms with Crippen LogP contribution in [0.3, 0.4) is 0 Å². The second kappa shape index (κ2) is 18.8. The number of aryl methyl sites for hydroxylation is 1. The van der Waals surface area contributed by atoms with Crippen LogP contribution in [0.15, 0.2) is 97.1 Å². The molecular formula is C26H26B2F8N4. The lowest BCUT2D eigenvalue weighted by Crippen LogP contribution is -3.00. The maximum Gasteiger partial charge on any atom is 0.762 e. The van der Waals surface area contributed by atoms with Crippen molar-refractivity contribution in [2.75, 3.05) is 17.7 Å². The Morgan fingerprint density at radius 1 is 0.525 bits per heavy atom. The van der Waals surface area contributed by atoms with Crippen LogP contribution in [-0.4, -0.2) is 33.6 Å². The zero-order valence-electron chi connectivity index (χ0n) is 21.4. The molecule has 4 N–H and O–H groups in total. The Bertz CT molecular complexity index is 1220. The van der Waals surface area contributed by atoms with Crippen LogP contribution in [0.1, 0.15) is 5.56 Å². The Balaban J connectivity index is 0.00000135. The molecule has 14 heteroatoms. The third kappa shape index (κ3) is 14.6. The quantitative estimate of drug-likeness (QED) is 0.176. The van der Waals surface area contributed by atoms with Crippen molar-refractivity contribution >= 4 is 54.9 Å². The highest BCUT2D eigenvalue weighted by atomic mass is 19.4. The molecule has 0 amide bonds. The topological polar surface area (TPSA) is 52.0 Å². The zero-order valence-corrected chi connectivity index (χ0v) is 21.4. The van der Waals surface area contributed by atoms with E-state index in [-0.39, 0.29) is 9.41 Å². The average molecular weight is 568 g/mol. The van der Waals surface area contributed by atoms with Crippen LogP contribution < -0.4 is 30.0 Å². The third-order valence-electron chi connectivity index (χ3n) is 4.86. The van der Waals surface area contributed by atoms with Gasteiger partial charge in [0.25, 0.3) is 0 Å². The fourth-order valence-electron chi connectivity index (χ4n) is 3.13. The molecule has 3 aromatic carbocycles. The predicted octanol–water partition coefficient (Wildman–Crippen LogP) is -1.32. The number of allylic oxidation sites excluding steroid dienone is 4. The minimum absolute atomic E-state index is 0. The average Bonchev–Trinajstić information content (AvgIpc) is 2.88. The zero-order chi connectivity index (χ0) is 27.9. The highest BCUT2D eigenvalue weighted by Gasteiger charge is 2.09. The number of rotatable bonds is 5. The molecule has 3 aromatic rings. The normalized spacial score (nSPS) is 10.8. The molecule has 0 atom stereocenters. The number of halogens is 8. The van der Waals surface area contributed by atoms with Crippen LogP contribution in [0.4, 0.5) is 54.3 Å². The predicted molar refractivity (Wildman–Crippen MR) is 145 cm³/mol. The second-order valence-corrected chi connectivity index (χ2v) is 7.72. The Labute approximate surface area is 227 Å². The van der Waals surface area contributed by atoms with E-state index < -0.39 is 15.1 Å². The molecule has 4 nitrogen and oxygen atoms in total. The van der Waals surface area contributed by atoms with E-state index in [1.54, 1.807) is 0 Å². The van der Waals surface area contributed by atoms with Gasteiger partial charge in [0.1, 0.15) is 0 Å². The number of hydrogen-bond acceptors (Lipinski definition) is 2. The molecular weight excluding hydrogens is 542 g/mol. The number of nitrogens with one attached hydrogen (secondary N) is 4. The van der Waals surface area contributed by atoms with Gasteiger partial charge in [-0.1, -0.05) is 17.7 Å². The highest BCUT2D eigenvalue weighted by molar-refractivity contribution is 6.33. The fraction of sp³-hybridized carbons (Fsp3) is 0.0769. The van der Waals surface area contributed by atoms with Crippen LogP contribution in [0.5, 0.6) is 0 Å². The fourth-order valence-corrected chi connectivity index (χ4v) is 3.13. The summed E-state index contributed by atoms with van der Waals surface area (Å²) in [5.74, 6) is 0. The van der Waals surface area contributed by atoms with Crippen molar-refractivity contribution in [3.05, 3.63) is 103 Å². The first kappa shape index (κ1) is 35.6. The maximum atomic E-state index is 9.67. The molecule has 4 rings (SSSR count). The highest BCUT2D eigenvalue weighted by Crippen LogP contribution is 2.19. The van der Waals surface area contributed by atoms with Crippen LogP contribution in [0.25, 0.3) is 0 Å². The lowest BCUT2D eigenvalue weighted by atomic mass is 10.1. The Morgan fingerprint density at radius 2 is 0.825 bits per heavy atom. The van der Waals surface area contributed by atoms with Crippen molar-refractivity contribution in [1.82, 2.24) is 0 Å². The van der Waals surface area contributed by atoms with Crippen molar-refractivity contribution in [1.29, 1.82) is 0 Å². The van der Waals surface area contributed by atoms with Crippen molar-refractivity contribution in [2.45, 2.75) is 6.92 Å². The largest absolute Gasteiger partial charge is 1.00 e. The van der Waals surface area contributed by atoms with Crippen molar-refractivity contribution < 1.29 is 45.3 Å². The van der Waals surface area contributed by atoms with Crippen molar-refractivity contribution in [2.24, 2.45) is 0 Å². The third-order valence-corrected chi connectivity index (χ3v) is 4.86. The van der Waals surface area contributed by atoms with Crippen LogP contribution in [0, 0.1) is 6.92 Å². The summed E-state index contributed by atoms with van der Waals surface area (Å²) >= 11 is 0. The van der Waals surface area contributed by atoms with Gasteiger partial charge >= 0.3 is 15.1 Å². The van der Waals surface area contributed by atoms with Gasteiger partial charge in [-0.2, -0.15) is 0 Å². The number of anilines is 3. The molecule has 0 aliphatic heterocycles. The van der Waals surface area contributed by atoms with Gasteiger partial charge in [0.05, 0.1) is 0 Å². The van der Waals surface area contributed by atoms with E-state index >= 15 is 0 Å². The Hall–Kier alpha value is -4.35. The molecule has 0 heterocycles. The maximum absolute atomic E-state index is 9.67. The molecule has 0 saturated heterocycles. The summed E-state index contributed by atoms with van der Waals surface area (Å²) < 4.78 is 58.0. The van der Waals surface area contributed by atoms with Gasteiger partial charge < -0.3 is 20.0 Å². The van der Waals surface area contributed by atoms with Gasteiger partial charge in [0, 0.05) is 72.7 Å². The van der Waals surface area contributed by atoms with E-state index in [1.807, 2.05) is 7.05 Å². The van der Waals surface area contributed by atoms with Gasteiger partial charge in [-0.15, -0.1) is 0 Å². The molecule has 212 valence electrons. The van der Waals surface area contributed by atoms with Gasteiger partial charge in [0.15, 0.2) is 0 Å².